The molecule has 4 nitrogen and oxygen atoms in total. The summed E-state index contributed by atoms with van der Waals surface area (Å²) >= 11 is 0. The van der Waals surface area contributed by atoms with E-state index in [9.17, 15) is 5.11 Å². The van der Waals surface area contributed by atoms with E-state index in [-0.39, 0.29) is 17.6 Å². The second-order valence-corrected chi connectivity index (χ2v) is 5.42. The zero-order valence-electron chi connectivity index (χ0n) is 10.4. The van der Waals surface area contributed by atoms with Gasteiger partial charge in [-0.25, -0.2) is 0 Å². The summed E-state index contributed by atoms with van der Waals surface area (Å²) in [6.07, 6.45) is 3.48. The molecule has 2 rings (SSSR count). The average molecular weight is 239 g/mol. The van der Waals surface area contributed by atoms with Gasteiger partial charge < -0.3 is 14.6 Å². The Morgan fingerprint density at radius 3 is 2.76 bits per heavy atom. The maximum Gasteiger partial charge on any atom is 0.0862 e. The van der Waals surface area contributed by atoms with Crippen LogP contribution in [0.3, 0.4) is 0 Å². The Hall–Kier alpha value is -0.630. The number of aliphatic hydroxyl groups excluding tert-OH is 1. The molecule has 1 N–H and O–H groups in total. The number of aliphatic hydroxyl groups is 1. The van der Waals surface area contributed by atoms with Crippen molar-refractivity contribution in [2.24, 2.45) is 5.41 Å². The van der Waals surface area contributed by atoms with E-state index in [1.807, 2.05) is 0 Å². The number of nitriles is 1. The quantitative estimate of drug-likeness (QED) is 0.795. The number of ether oxygens (including phenoxy) is 2. The minimum atomic E-state index is -0.396. The molecule has 1 aliphatic carbocycles. The Kier molecular flexibility index (Phi) is 4.03. The van der Waals surface area contributed by atoms with Gasteiger partial charge in [0.1, 0.15) is 0 Å². The standard InChI is InChI=1S/C13H21NO3/c1-13(4-2-6-14)5-3-10-11(9-12(13)15)17-8-7-16-10/h10-12,15H,2-5,7-9H2,1H3. The number of hydrogen-bond donors (Lipinski definition) is 1. The molecule has 1 heterocycles. The van der Waals surface area contributed by atoms with Crippen molar-refractivity contribution in [1.82, 2.24) is 0 Å². The Labute approximate surface area is 103 Å². The van der Waals surface area contributed by atoms with Gasteiger partial charge in [0.05, 0.1) is 37.6 Å². The summed E-state index contributed by atoms with van der Waals surface area (Å²) < 4.78 is 11.4. The van der Waals surface area contributed by atoms with E-state index in [0.29, 0.717) is 26.1 Å². The number of fused-ring (bicyclic) bond motifs is 1. The van der Waals surface area contributed by atoms with Gasteiger partial charge >= 0.3 is 0 Å². The van der Waals surface area contributed by atoms with Crippen LogP contribution in [-0.4, -0.2) is 36.6 Å². The Balaban J connectivity index is 2.03. The third-order valence-electron chi connectivity index (χ3n) is 4.23. The zero-order chi connectivity index (χ0) is 12.3. The van der Waals surface area contributed by atoms with Gasteiger partial charge in [0.2, 0.25) is 0 Å². The lowest BCUT2D eigenvalue weighted by molar-refractivity contribution is -0.147. The van der Waals surface area contributed by atoms with Gasteiger partial charge in [0.25, 0.3) is 0 Å². The van der Waals surface area contributed by atoms with E-state index in [4.69, 9.17) is 14.7 Å². The Bertz CT molecular complexity index is 302. The highest BCUT2D eigenvalue weighted by Gasteiger charge is 2.41. The van der Waals surface area contributed by atoms with E-state index in [1.54, 1.807) is 0 Å². The summed E-state index contributed by atoms with van der Waals surface area (Å²) in [5.74, 6) is 0. The third-order valence-corrected chi connectivity index (χ3v) is 4.23. The topological polar surface area (TPSA) is 62.5 Å². The van der Waals surface area contributed by atoms with E-state index < -0.39 is 6.10 Å². The van der Waals surface area contributed by atoms with Crippen molar-refractivity contribution in [2.75, 3.05) is 13.2 Å². The fourth-order valence-corrected chi connectivity index (χ4v) is 2.88. The van der Waals surface area contributed by atoms with Crippen molar-refractivity contribution in [2.45, 2.75) is 57.3 Å². The van der Waals surface area contributed by atoms with Crippen molar-refractivity contribution in [3.8, 4) is 6.07 Å². The van der Waals surface area contributed by atoms with Crippen molar-refractivity contribution >= 4 is 0 Å². The number of rotatable bonds is 2. The third kappa shape index (κ3) is 2.79. The molecule has 2 fully saturated rings. The first-order chi connectivity index (χ1) is 8.15. The van der Waals surface area contributed by atoms with Crippen LogP contribution >= 0.6 is 0 Å². The highest BCUT2D eigenvalue weighted by Crippen LogP contribution is 2.40. The fourth-order valence-electron chi connectivity index (χ4n) is 2.88. The summed E-state index contributed by atoms with van der Waals surface area (Å²) in [7, 11) is 0. The number of hydrogen-bond acceptors (Lipinski definition) is 4. The molecule has 1 saturated carbocycles. The summed E-state index contributed by atoms with van der Waals surface area (Å²) in [4.78, 5) is 0. The van der Waals surface area contributed by atoms with E-state index in [0.717, 1.165) is 19.3 Å². The highest BCUT2D eigenvalue weighted by atomic mass is 16.6. The molecule has 0 amide bonds. The summed E-state index contributed by atoms with van der Waals surface area (Å²) in [6, 6.07) is 2.17. The first-order valence-corrected chi connectivity index (χ1v) is 6.44. The van der Waals surface area contributed by atoms with Crippen LogP contribution in [0.1, 0.15) is 39.0 Å². The second-order valence-electron chi connectivity index (χ2n) is 5.42. The predicted molar refractivity (Wildman–Crippen MR) is 62.3 cm³/mol. The van der Waals surface area contributed by atoms with Crippen LogP contribution in [0.15, 0.2) is 0 Å². The maximum absolute atomic E-state index is 10.3. The van der Waals surface area contributed by atoms with Crippen LogP contribution in [0, 0.1) is 16.7 Å². The molecule has 17 heavy (non-hydrogen) atoms. The largest absolute Gasteiger partial charge is 0.392 e. The highest BCUT2D eigenvalue weighted by molar-refractivity contribution is 4.93. The smallest absolute Gasteiger partial charge is 0.0862 e. The lowest BCUT2D eigenvalue weighted by Gasteiger charge is -2.33. The van der Waals surface area contributed by atoms with Crippen LogP contribution in [0.5, 0.6) is 0 Å². The van der Waals surface area contributed by atoms with Crippen LogP contribution < -0.4 is 0 Å². The predicted octanol–water partition coefficient (Wildman–Crippen LogP) is 1.63. The fraction of sp³-hybridized carbons (Fsp3) is 0.923. The summed E-state index contributed by atoms with van der Waals surface area (Å²) in [5, 5.41) is 19.0. The molecule has 0 aromatic carbocycles. The molecule has 1 saturated heterocycles. The van der Waals surface area contributed by atoms with Crippen molar-refractivity contribution in [3.05, 3.63) is 0 Å². The van der Waals surface area contributed by atoms with Crippen LogP contribution in [0.2, 0.25) is 0 Å². The molecule has 4 unspecified atom stereocenters. The summed E-state index contributed by atoms with van der Waals surface area (Å²) in [5.41, 5.74) is -0.167. The Morgan fingerprint density at radius 1 is 1.35 bits per heavy atom. The molecule has 0 radical (unpaired) electrons. The van der Waals surface area contributed by atoms with Gasteiger partial charge in [0, 0.05) is 12.8 Å². The van der Waals surface area contributed by atoms with Gasteiger partial charge in [-0.1, -0.05) is 6.92 Å². The maximum atomic E-state index is 10.3. The van der Waals surface area contributed by atoms with E-state index in [1.165, 1.54) is 0 Å². The molecule has 0 spiro atoms. The lowest BCUT2D eigenvalue weighted by Crippen LogP contribution is -2.39. The minimum absolute atomic E-state index is 0.0302. The van der Waals surface area contributed by atoms with Crippen molar-refractivity contribution < 1.29 is 14.6 Å². The molecule has 1 aliphatic heterocycles. The normalized spacial score (nSPS) is 42.3. The van der Waals surface area contributed by atoms with Gasteiger partial charge in [-0.05, 0) is 24.7 Å². The van der Waals surface area contributed by atoms with Crippen molar-refractivity contribution in [3.63, 3.8) is 0 Å². The van der Waals surface area contributed by atoms with E-state index in [2.05, 4.69) is 13.0 Å². The van der Waals surface area contributed by atoms with Gasteiger partial charge in [-0.15, -0.1) is 0 Å². The monoisotopic (exact) mass is 239 g/mol. The second kappa shape index (κ2) is 5.34. The van der Waals surface area contributed by atoms with Gasteiger partial charge in [0.15, 0.2) is 0 Å². The Morgan fingerprint density at radius 2 is 2.06 bits per heavy atom. The molecule has 2 aliphatic rings. The molecular weight excluding hydrogens is 218 g/mol. The van der Waals surface area contributed by atoms with Crippen LogP contribution in [0.25, 0.3) is 0 Å². The van der Waals surface area contributed by atoms with Gasteiger partial charge in [-0.2, -0.15) is 5.26 Å². The number of nitrogens with zero attached hydrogens (tertiary/aromatic N) is 1. The molecule has 0 bridgehead atoms. The molecule has 96 valence electrons. The SMILES string of the molecule is CC1(CCC#N)CCC2OCCOC2CC1O. The average Bonchev–Trinajstić information content (AvgIpc) is 2.46. The van der Waals surface area contributed by atoms with Crippen LogP contribution in [0.4, 0.5) is 0 Å². The van der Waals surface area contributed by atoms with Crippen molar-refractivity contribution in [1.29, 1.82) is 5.26 Å². The first kappa shape index (κ1) is 12.8. The molecule has 4 heteroatoms. The lowest BCUT2D eigenvalue weighted by atomic mass is 9.76. The zero-order valence-corrected chi connectivity index (χ0v) is 10.4. The minimum Gasteiger partial charge on any atom is -0.392 e. The molecular formula is C13H21NO3. The van der Waals surface area contributed by atoms with Gasteiger partial charge in [-0.3, -0.25) is 0 Å². The molecule has 4 atom stereocenters. The molecule has 0 aromatic heterocycles. The first-order valence-electron chi connectivity index (χ1n) is 6.44. The molecule has 0 aromatic rings. The van der Waals surface area contributed by atoms with E-state index >= 15 is 0 Å². The van der Waals surface area contributed by atoms with Crippen LogP contribution in [-0.2, 0) is 9.47 Å². The summed E-state index contributed by atoms with van der Waals surface area (Å²) in [6.45, 7) is 3.36.